The van der Waals surface area contributed by atoms with E-state index in [-0.39, 0.29) is 5.78 Å². The van der Waals surface area contributed by atoms with Crippen LogP contribution in [0.3, 0.4) is 0 Å². The smallest absolute Gasteiger partial charge is 0.177 e. The predicted octanol–water partition coefficient (Wildman–Crippen LogP) is 4.34. The summed E-state index contributed by atoms with van der Waals surface area (Å²) in [4.78, 5) is 18.9. The highest BCUT2D eigenvalue weighted by atomic mass is 32.1. The number of para-hydroxylation sites is 1. The van der Waals surface area contributed by atoms with Crippen molar-refractivity contribution in [2.45, 2.75) is 20.3 Å². The number of aromatic nitrogens is 1. The van der Waals surface area contributed by atoms with Crippen LogP contribution < -0.4 is 0 Å². The first-order valence-electron chi connectivity index (χ1n) is 6.58. The number of rotatable bonds is 3. The molecule has 1 aromatic carbocycles. The first kappa shape index (κ1) is 13.0. The third-order valence-corrected chi connectivity index (χ3v) is 4.35. The van der Waals surface area contributed by atoms with Gasteiger partial charge in [-0.15, -0.1) is 11.3 Å². The molecular weight excluding hydrogens is 266 g/mol. The lowest BCUT2D eigenvalue weighted by Gasteiger charge is -2.05. The van der Waals surface area contributed by atoms with E-state index in [1.807, 2.05) is 50.2 Å². The molecule has 2 heterocycles. The van der Waals surface area contributed by atoms with E-state index in [0.717, 1.165) is 27.0 Å². The van der Waals surface area contributed by atoms with E-state index in [1.165, 1.54) is 4.88 Å². The van der Waals surface area contributed by atoms with Crippen LogP contribution in [0.2, 0.25) is 0 Å². The first-order valence-corrected chi connectivity index (χ1v) is 7.40. The molecule has 0 aliphatic carbocycles. The molecule has 100 valence electrons. The van der Waals surface area contributed by atoms with Gasteiger partial charge >= 0.3 is 0 Å². The Morgan fingerprint density at radius 3 is 2.70 bits per heavy atom. The van der Waals surface area contributed by atoms with E-state index >= 15 is 0 Å². The maximum atomic E-state index is 12.3. The molecule has 0 aliphatic rings. The summed E-state index contributed by atoms with van der Waals surface area (Å²) in [5, 5.41) is 1.09. The molecule has 0 N–H and O–H groups in total. The van der Waals surface area contributed by atoms with Crippen molar-refractivity contribution in [3.05, 3.63) is 63.5 Å². The normalized spacial score (nSPS) is 10.9. The number of hydrogen-bond acceptors (Lipinski definition) is 3. The average molecular weight is 281 g/mol. The van der Waals surface area contributed by atoms with Crippen molar-refractivity contribution in [2.24, 2.45) is 0 Å². The van der Waals surface area contributed by atoms with E-state index < -0.39 is 0 Å². The van der Waals surface area contributed by atoms with Crippen molar-refractivity contribution >= 4 is 28.0 Å². The fourth-order valence-electron chi connectivity index (χ4n) is 2.29. The van der Waals surface area contributed by atoms with Gasteiger partial charge in [0.25, 0.3) is 0 Å². The summed E-state index contributed by atoms with van der Waals surface area (Å²) < 4.78 is 0. The third kappa shape index (κ3) is 2.49. The van der Waals surface area contributed by atoms with E-state index in [4.69, 9.17) is 0 Å². The molecule has 2 aromatic heterocycles. The molecule has 3 rings (SSSR count). The van der Waals surface area contributed by atoms with Crippen molar-refractivity contribution in [3.63, 3.8) is 0 Å². The molecule has 0 saturated heterocycles. The number of thiophene rings is 1. The van der Waals surface area contributed by atoms with Gasteiger partial charge in [-0.3, -0.25) is 9.78 Å². The number of carbonyl (C=O) groups excluding carboxylic acids is 1. The van der Waals surface area contributed by atoms with E-state index in [0.29, 0.717) is 6.42 Å². The summed E-state index contributed by atoms with van der Waals surface area (Å²) in [6.45, 7) is 3.99. The second kappa shape index (κ2) is 5.17. The molecule has 0 radical (unpaired) electrons. The SMILES string of the molecule is Cc1ccc2cccc(CC(=O)c3ccc(C)s3)c2n1. The number of ketones is 1. The van der Waals surface area contributed by atoms with Crippen LogP contribution in [0, 0.1) is 13.8 Å². The predicted molar refractivity (Wildman–Crippen MR) is 83.6 cm³/mol. The standard InChI is InChI=1S/C17H15NOS/c1-11-6-8-13-4-3-5-14(17(13)18-11)10-15(19)16-9-7-12(2)20-16/h3-9H,10H2,1-2H3. The zero-order chi connectivity index (χ0) is 14.1. The van der Waals surface area contributed by atoms with Gasteiger partial charge in [0.2, 0.25) is 0 Å². The molecule has 0 unspecified atom stereocenters. The zero-order valence-corrected chi connectivity index (χ0v) is 12.3. The minimum atomic E-state index is 0.166. The average Bonchev–Trinajstić information content (AvgIpc) is 2.86. The Balaban J connectivity index is 1.98. The molecule has 0 amide bonds. The Morgan fingerprint density at radius 2 is 1.95 bits per heavy atom. The van der Waals surface area contributed by atoms with E-state index in [9.17, 15) is 4.79 Å². The Hall–Kier alpha value is -2.00. The third-order valence-electron chi connectivity index (χ3n) is 3.31. The van der Waals surface area contributed by atoms with Gasteiger partial charge in [-0.05, 0) is 37.6 Å². The fourth-order valence-corrected chi connectivity index (χ4v) is 3.10. The number of fused-ring (bicyclic) bond motifs is 1. The lowest BCUT2D eigenvalue weighted by molar-refractivity contribution is 0.0997. The lowest BCUT2D eigenvalue weighted by Crippen LogP contribution is -2.02. The quantitative estimate of drug-likeness (QED) is 0.668. The molecule has 0 atom stereocenters. The molecule has 20 heavy (non-hydrogen) atoms. The van der Waals surface area contributed by atoms with E-state index in [1.54, 1.807) is 11.3 Å². The number of carbonyl (C=O) groups is 1. The van der Waals surface area contributed by atoms with Crippen LogP contribution in [-0.2, 0) is 6.42 Å². The Bertz CT molecular complexity index is 789. The molecule has 0 aliphatic heterocycles. The van der Waals surface area contributed by atoms with Crippen LogP contribution >= 0.6 is 11.3 Å². The van der Waals surface area contributed by atoms with Crippen LogP contribution in [0.1, 0.15) is 25.8 Å². The highest BCUT2D eigenvalue weighted by Gasteiger charge is 2.12. The number of pyridine rings is 1. The van der Waals surface area contributed by atoms with Crippen LogP contribution in [0.5, 0.6) is 0 Å². The highest BCUT2D eigenvalue weighted by molar-refractivity contribution is 7.14. The number of hydrogen-bond donors (Lipinski definition) is 0. The molecular formula is C17H15NOS. The van der Waals surface area contributed by atoms with Gasteiger partial charge in [-0.1, -0.05) is 24.3 Å². The van der Waals surface area contributed by atoms with Crippen LogP contribution in [0.15, 0.2) is 42.5 Å². The van der Waals surface area contributed by atoms with Gasteiger partial charge < -0.3 is 0 Å². The molecule has 0 saturated carbocycles. The maximum Gasteiger partial charge on any atom is 0.177 e. The topological polar surface area (TPSA) is 30.0 Å². The first-order chi connectivity index (χ1) is 9.63. The summed E-state index contributed by atoms with van der Waals surface area (Å²) in [6.07, 6.45) is 0.410. The Labute approximate surface area is 122 Å². The van der Waals surface area contributed by atoms with Gasteiger partial charge in [-0.2, -0.15) is 0 Å². The molecule has 0 bridgehead atoms. The molecule has 3 heteroatoms. The number of aryl methyl sites for hydroxylation is 2. The van der Waals surface area contributed by atoms with Crippen LogP contribution in [0.4, 0.5) is 0 Å². The van der Waals surface area contributed by atoms with Crippen molar-refractivity contribution in [1.29, 1.82) is 0 Å². The van der Waals surface area contributed by atoms with Crippen LogP contribution in [-0.4, -0.2) is 10.8 Å². The van der Waals surface area contributed by atoms with Crippen molar-refractivity contribution < 1.29 is 4.79 Å². The van der Waals surface area contributed by atoms with Crippen molar-refractivity contribution in [1.82, 2.24) is 4.98 Å². The van der Waals surface area contributed by atoms with Gasteiger partial charge in [0.05, 0.1) is 10.4 Å². The number of nitrogens with zero attached hydrogens (tertiary/aromatic N) is 1. The molecule has 3 aromatic rings. The minimum Gasteiger partial charge on any atom is -0.293 e. The van der Waals surface area contributed by atoms with Gasteiger partial charge in [0.15, 0.2) is 5.78 Å². The lowest BCUT2D eigenvalue weighted by atomic mass is 10.0. The minimum absolute atomic E-state index is 0.166. The van der Waals surface area contributed by atoms with E-state index in [2.05, 4.69) is 11.1 Å². The molecule has 0 fully saturated rings. The highest BCUT2D eigenvalue weighted by Crippen LogP contribution is 2.21. The second-order valence-corrected chi connectivity index (χ2v) is 6.24. The summed E-state index contributed by atoms with van der Waals surface area (Å²) in [5.41, 5.74) is 2.92. The summed E-state index contributed by atoms with van der Waals surface area (Å²) in [5.74, 6) is 0.166. The fraction of sp³-hybridized carbons (Fsp3) is 0.176. The maximum absolute atomic E-state index is 12.3. The summed E-state index contributed by atoms with van der Waals surface area (Å²) >= 11 is 1.55. The van der Waals surface area contributed by atoms with Gasteiger partial charge in [0.1, 0.15) is 0 Å². The van der Waals surface area contributed by atoms with Crippen molar-refractivity contribution in [2.75, 3.05) is 0 Å². The number of Topliss-reactive ketones (excluding diaryl/α,β-unsaturated/α-hetero) is 1. The summed E-state index contributed by atoms with van der Waals surface area (Å²) in [6, 6.07) is 14.0. The molecule has 0 spiro atoms. The van der Waals surface area contributed by atoms with Gasteiger partial charge in [-0.25, -0.2) is 0 Å². The molecule has 2 nitrogen and oxygen atoms in total. The number of benzene rings is 1. The monoisotopic (exact) mass is 281 g/mol. The zero-order valence-electron chi connectivity index (χ0n) is 11.5. The van der Waals surface area contributed by atoms with Crippen LogP contribution in [0.25, 0.3) is 10.9 Å². The van der Waals surface area contributed by atoms with Crippen molar-refractivity contribution in [3.8, 4) is 0 Å². The second-order valence-electron chi connectivity index (χ2n) is 4.95. The Morgan fingerprint density at radius 1 is 1.10 bits per heavy atom. The summed E-state index contributed by atoms with van der Waals surface area (Å²) in [7, 11) is 0. The largest absolute Gasteiger partial charge is 0.293 e. The Kier molecular flexibility index (Phi) is 3.36. The van der Waals surface area contributed by atoms with Gasteiger partial charge in [0, 0.05) is 22.4 Å².